The fraction of sp³-hybridized carbons (Fsp3) is 0.600. The van der Waals surface area contributed by atoms with Crippen LogP contribution in [0, 0.1) is 27.7 Å². The van der Waals surface area contributed by atoms with E-state index in [1.807, 2.05) is 94.1 Å². The largest absolute Gasteiger partial charge is 0.490 e. The van der Waals surface area contributed by atoms with Gasteiger partial charge in [-0.3, -0.25) is 0 Å². The van der Waals surface area contributed by atoms with Gasteiger partial charge in [0.1, 0.15) is 24.7 Å². The molecule has 2 heterocycles. The summed E-state index contributed by atoms with van der Waals surface area (Å²) in [4.78, 5) is 0. The Labute approximate surface area is 286 Å². The van der Waals surface area contributed by atoms with Gasteiger partial charge < -0.3 is 19.7 Å². The van der Waals surface area contributed by atoms with Crippen molar-refractivity contribution in [1.29, 1.82) is 0 Å². The van der Waals surface area contributed by atoms with Gasteiger partial charge in [-0.15, -0.1) is 70.6 Å². The maximum Gasteiger partial charge on any atom is 0.125 e. The number of aliphatic hydroxyl groups excluding tert-OH is 2. The van der Waals surface area contributed by atoms with Crippen LogP contribution in [0.15, 0.2) is 24.3 Å². The van der Waals surface area contributed by atoms with Crippen LogP contribution in [0.4, 0.5) is 0 Å². The summed E-state index contributed by atoms with van der Waals surface area (Å²) in [6.45, 7) is 8.91. The molecule has 42 heavy (non-hydrogen) atoms. The average molecular weight is 723 g/mol. The number of rotatable bonds is 15. The number of ether oxygens (including phenoxy) is 2. The number of hydrogen-bond acceptors (Lipinski definition) is 12. The lowest BCUT2D eigenvalue weighted by atomic mass is 9.96. The Morgan fingerprint density at radius 3 is 1.31 bits per heavy atom. The van der Waals surface area contributed by atoms with Gasteiger partial charge in [0, 0.05) is 43.4 Å². The topological polar surface area (TPSA) is 58.9 Å². The lowest BCUT2D eigenvalue weighted by Crippen LogP contribution is -2.21. The summed E-state index contributed by atoms with van der Waals surface area (Å²) in [5.41, 5.74) is 6.55. The second-order valence-electron chi connectivity index (χ2n) is 10.3. The zero-order valence-electron chi connectivity index (χ0n) is 24.7. The maximum atomic E-state index is 10.5. The first kappa shape index (κ1) is 35.6. The second-order valence-corrected chi connectivity index (χ2v) is 21.2. The Morgan fingerprint density at radius 1 is 0.643 bits per heavy atom. The molecule has 2 fully saturated rings. The highest BCUT2D eigenvalue weighted by atomic mass is 32.3. The summed E-state index contributed by atoms with van der Waals surface area (Å²) in [5, 5.41) is 25.8. The Kier molecular flexibility index (Phi) is 15.9. The quantitative estimate of drug-likeness (QED) is 0.186. The van der Waals surface area contributed by atoms with Crippen LogP contribution in [0.25, 0.3) is 11.1 Å². The molecule has 2 aliphatic rings. The molecule has 0 radical (unpaired) electrons. The molecule has 2 aromatic rings. The second kappa shape index (κ2) is 18.8. The van der Waals surface area contributed by atoms with Gasteiger partial charge in [0.05, 0.1) is 21.4 Å². The van der Waals surface area contributed by atoms with Crippen LogP contribution in [0.5, 0.6) is 11.5 Å². The smallest absolute Gasteiger partial charge is 0.125 e. The first-order valence-electron chi connectivity index (χ1n) is 13.9. The third kappa shape index (κ3) is 11.5. The fourth-order valence-electron chi connectivity index (χ4n) is 4.60. The van der Waals surface area contributed by atoms with Gasteiger partial charge in [-0.2, -0.15) is 23.5 Å². The van der Waals surface area contributed by atoms with E-state index < -0.39 is 12.2 Å². The number of aliphatic hydroxyl groups is 2. The lowest BCUT2D eigenvalue weighted by molar-refractivity contribution is 0.125. The third-order valence-electron chi connectivity index (χ3n) is 6.57. The molecule has 2 atom stereocenters. The molecule has 0 spiro atoms. The third-order valence-corrected chi connectivity index (χ3v) is 18.4. The highest BCUT2D eigenvalue weighted by Crippen LogP contribution is 2.39. The van der Waals surface area contributed by atoms with Crippen molar-refractivity contribution in [2.24, 2.45) is 0 Å². The molecular weight excluding hydrogens is 681 g/mol. The highest BCUT2D eigenvalue weighted by molar-refractivity contribution is 8.33. The Hall–Kier alpha value is 0.760. The van der Waals surface area contributed by atoms with Gasteiger partial charge in [0.25, 0.3) is 0 Å². The predicted octanol–water partition coefficient (Wildman–Crippen LogP) is 8.44. The maximum absolute atomic E-state index is 10.5. The molecule has 0 amide bonds. The summed E-state index contributed by atoms with van der Waals surface area (Å²) in [7, 11) is 0. The minimum Gasteiger partial charge on any atom is -0.490 e. The van der Waals surface area contributed by atoms with E-state index in [0.717, 1.165) is 56.4 Å². The van der Waals surface area contributed by atoms with E-state index in [1.54, 1.807) is 0 Å². The van der Waals surface area contributed by atoms with E-state index in [2.05, 4.69) is 52.0 Å². The number of aryl methyl sites for hydroxylation is 4. The Bertz CT molecular complexity index is 991. The van der Waals surface area contributed by atoms with Gasteiger partial charge in [0.2, 0.25) is 0 Å². The number of hydrogen-bond donors (Lipinski definition) is 2. The number of benzene rings is 2. The van der Waals surface area contributed by atoms with Gasteiger partial charge >= 0.3 is 0 Å². The van der Waals surface area contributed by atoms with Crippen molar-refractivity contribution in [2.75, 3.05) is 56.6 Å². The summed E-state index contributed by atoms with van der Waals surface area (Å²) in [6.07, 6.45) is -0.962. The molecule has 2 aromatic carbocycles. The van der Waals surface area contributed by atoms with E-state index >= 15 is 0 Å². The van der Waals surface area contributed by atoms with Crippen LogP contribution in [-0.4, -0.2) is 88.1 Å². The van der Waals surface area contributed by atoms with Crippen molar-refractivity contribution < 1.29 is 19.7 Å². The monoisotopic (exact) mass is 722 g/mol. The van der Waals surface area contributed by atoms with E-state index in [0.29, 0.717) is 33.9 Å². The molecule has 0 bridgehead atoms. The molecule has 234 valence electrons. The van der Waals surface area contributed by atoms with Crippen molar-refractivity contribution in [3.05, 3.63) is 46.5 Å². The van der Waals surface area contributed by atoms with Crippen molar-refractivity contribution in [3.8, 4) is 22.6 Å². The standard InChI is InChI=1S/C30H42O4S8/c1-19-5-23(6-20(2)29(19)33-9-25(31)11-35-13-27-39-15-37-16-40-27)24-7-21(3)30(22(4)8-24)34-10-26(32)12-36-14-28-41-17-38-18-42-28/h5-8,25-28,31-32H,9-18H2,1-4H3. The summed E-state index contributed by atoms with van der Waals surface area (Å²) < 4.78 is 13.5. The fourth-order valence-corrected chi connectivity index (χ4v) is 17.2. The van der Waals surface area contributed by atoms with Crippen LogP contribution in [-0.2, 0) is 0 Å². The Balaban J connectivity index is 1.26. The van der Waals surface area contributed by atoms with Gasteiger partial charge in [0.15, 0.2) is 0 Å². The van der Waals surface area contributed by atoms with E-state index in [-0.39, 0.29) is 0 Å². The average Bonchev–Trinajstić information content (AvgIpc) is 2.97. The van der Waals surface area contributed by atoms with Crippen LogP contribution in [0.3, 0.4) is 0 Å². The Morgan fingerprint density at radius 2 is 0.976 bits per heavy atom. The molecule has 12 heteroatoms. The molecule has 0 saturated carbocycles. The zero-order valence-corrected chi connectivity index (χ0v) is 31.2. The van der Waals surface area contributed by atoms with Crippen molar-refractivity contribution in [1.82, 2.24) is 0 Å². The lowest BCUT2D eigenvalue weighted by Gasteiger charge is -2.21. The summed E-state index contributed by atoms with van der Waals surface area (Å²) in [5.74, 6) is 5.25. The van der Waals surface area contributed by atoms with Crippen molar-refractivity contribution >= 4 is 94.1 Å². The minimum atomic E-state index is -0.481. The van der Waals surface area contributed by atoms with Gasteiger partial charge in [-0.1, -0.05) is 0 Å². The normalized spacial score (nSPS) is 18.1. The highest BCUT2D eigenvalue weighted by Gasteiger charge is 2.18. The van der Waals surface area contributed by atoms with Crippen LogP contribution in [0.1, 0.15) is 22.3 Å². The molecule has 2 aliphatic heterocycles. The van der Waals surface area contributed by atoms with E-state index in [1.165, 1.54) is 20.3 Å². The predicted molar refractivity (Wildman–Crippen MR) is 201 cm³/mol. The minimum absolute atomic E-state index is 0.307. The zero-order chi connectivity index (χ0) is 29.9. The molecule has 4 rings (SSSR count). The first-order chi connectivity index (χ1) is 20.3. The molecule has 0 aromatic heterocycles. The molecule has 2 saturated heterocycles. The van der Waals surface area contributed by atoms with Gasteiger partial charge in [-0.05, 0) is 85.3 Å². The molecule has 0 aliphatic carbocycles. The van der Waals surface area contributed by atoms with Gasteiger partial charge in [-0.25, -0.2) is 0 Å². The molecule has 2 N–H and O–H groups in total. The van der Waals surface area contributed by atoms with E-state index in [4.69, 9.17) is 9.47 Å². The summed E-state index contributed by atoms with van der Waals surface area (Å²) in [6, 6.07) is 8.65. The molecule has 2 unspecified atom stereocenters. The van der Waals surface area contributed by atoms with Crippen LogP contribution < -0.4 is 9.47 Å². The SMILES string of the molecule is Cc1cc(-c2cc(C)c(OCC(O)CSCC3SCSCS3)c(C)c2)cc(C)c1OCC(O)CSCC1SCSCS1. The van der Waals surface area contributed by atoms with Crippen molar-refractivity contribution in [3.63, 3.8) is 0 Å². The van der Waals surface area contributed by atoms with E-state index in [9.17, 15) is 10.2 Å². The number of thioether (sulfide) groups is 8. The molecule has 4 nitrogen and oxygen atoms in total. The first-order valence-corrected chi connectivity index (χ1v) is 22.7. The van der Waals surface area contributed by atoms with Crippen molar-refractivity contribution in [2.45, 2.75) is 49.1 Å². The van der Waals surface area contributed by atoms with Crippen LogP contribution in [0.2, 0.25) is 0 Å². The molecular formula is C30H42O4S8. The van der Waals surface area contributed by atoms with Crippen LogP contribution >= 0.6 is 94.1 Å². The summed E-state index contributed by atoms with van der Waals surface area (Å²) >= 11 is 15.7.